The summed E-state index contributed by atoms with van der Waals surface area (Å²) < 4.78 is 47.4. The number of ether oxygens (including phenoxy) is 8. The second-order valence-electron chi connectivity index (χ2n) is 19.2. The second kappa shape index (κ2) is 16.2. The molecule has 0 aromatic heterocycles. The molecule has 7 atom stereocenters. The molecule has 0 bridgehead atoms. The van der Waals surface area contributed by atoms with Crippen LogP contribution in [0.4, 0.5) is 0 Å². The number of hydrogen-bond donors (Lipinski definition) is 0. The Balaban J connectivity index is 2.20. The molecule has 3 rings (SSSR count). The fourth-order valence-corrected chi connectivity index (χ4v) is 5.05. The number of cyclic esters (lactones) is 1. The lowest BCUT2D eigenvalue weighted by molar-refractivity contribution is -0.342. The largest absolute Gasteiger partial charge is 0.462 e. The molecule has 1 aliphatic carbocycles. The van der Waals surface area contributed by atoms with Gasteiger partial charge in [0.25, 0.3) is 0 Å². The van der Waals surface area contributed by atoms with E-state index in [4.69, 9.17) is 37.9 Å². The number of fused-ring (bicyclic) bond motifs is 1. The Morgan fingerprint density at radius 2 is 1.00 bits per heavy atom. The standard InChI is InChI=1S/C40H58O15/c1-36(2,3)31(43)48-18-20-16-22(41)21-17-24(42)51-29(25(20)21)55-30-28(54-35(47)40(13,14)15)27(53-34(46)39(10,11)12)26(52-33(45)38(7,8)9)23(50-30)19-49-32(44)37(4,5)6/h16-17,23,25-30H,18-19H2,1-15H3/t23-,25-,26-,27+,28-,29-,30+/m1/s1. The fraction of sp³-hybridized carbons (Fsp3) is 0.725. The summed E-state index contributed by atoms with van der Waals surface area (Å²) in [6, 6.07) is 0. The van der Waals surface area contributed by atoms with E-state index in [1.54, 1.807) is 104 Å². The smallest absolute Gasteiger partial charge is 0.333 e. The molecule has 1 saturated heterocycles. The highest BCUT2D eigenvalue weighted by atomic mass is 16.8. The van der Waals surface area contributed by atoms with Crippen LogP contribution in [0.3, 0.4) is 0 Å². The molecule has 308 valence electrons. The molecule has 0 radical (unpaired) electrons. The van der Waals surface area contributed by atoms with Crippen LogP contribution in [-0.2, 0) is 71.5 Å². The van der Waals surface area contributed by atoms with Gasteiger partial charge >= 0.3 is 35.8 Å². The van der Waals surface area contributed by atoms with Gasteiger partial charge in [-0.15, -0.1) is 0 Å². The first-order chi connectivity index (χ1) is 24.8. The van der Waals surface area contributed by atoms with Gasteiger partial charge in [-0.1, -0.05) is 0 Å². The number of carbonyl (C=O) groups is 7. The minimum atomic E-state index is -1.77. The highest BCUT2D eigenvalue weighted by molar-refractivity contribution is 6.12. The predicted octanol–water partition coefficient (Wildman–Crippen LogP) is 4.71. The Bertz CT molecular complexity index is 1600. The Morgan fingerprint density at radius 3 is 1.47 bits per heavy atom. The molecule has 1 fully saturated rings. The lowest BCUT2D eigenvalue weighted by atomic mass is 9.92. The van der Waals surface area contributed by atoms with Crippen molar-refractivity contribution in [1.29, 1.82) is 0 Å². The highest BCUT2D eigenvalue weighted by Crippen LogP contribution is 2.41. The summed E-state index contributed by atoms with van der Waals surface area (Å²) in [7, 11) is 0. The van der Waals surface area contributed by atoms with Crippen LogP contribution in [0, 0.1) is 33.0 Å². The lowest BCUT2D eigenvalue weighted by Gasteiger charge is -2.46. The normalized spacial score (nSPS) is 26.1. The molecule has 55 heavy (non-hydrogen) atoms. The SMILES string of the molecule is CC(C)(C)C(=O)OCC1=CC(=O)C2=CC(=O)O[C@H](O[C@@H]3O[C@H](COC(=O)C(C)(C)C)[C@@H](OC(=O)C(C)(C)C)[C@H](OC(=O)C(C)(C)C)[C@H]3OC(=O)C(C)(C)C)[C@H]12. The number of carbonyl (C=O) groups excluding carboxylic acids is 7. The fourth-order valence-electron chi connectivity index (χ4n) is 5.05. The molecule has 0 spiro atoms. The van der Waals surface area contributed by atoms with Crippen molar-refractivity contribution >= 4 is 41.6 Å². The van der Waals surface area contributed by atoms with Gasteiger partial charge < -0.3 is 37.9 Å². The molecule has 15 heteroatoms. The van der Waals surface area contributed by atoms with Crippen molar-refractivity contribution in [2.45, 2.75) is 141 Å². The molecule has 2 heterocycles. The van der Waals surface area contributed by atoms with E-state index in [1.165, 1.54) is 6.08 Å². The van der Waals surface area contributed by atoms with Crippen molar-refractivity contribution < 1.29 is 71.5 Å². The molecule has 0 N–H and O–H groups in total. The molecule has 0 aromatic carbocycles. The van der Waals surface area contributed by atoms with Crippen LogP contribution < -0.4 is 0 Å². The topological polar surface area (TPSA) is 193 Å². The summed E-state index contributed by atoms with van der Waals surface area (Å²) in [6.45, 7) is 23.3. The summed E-state index contributed by atoms with van der Waals surface area (Å²) >= 11 is 0. The summed E-state index contributed by atoms with van der Waals surface area (Å²) in [5, 5.41) is 0. The van der Waals surface area contributed by atoms with Crippen LogP contribution in [0.2, 0.25) is 0 Å². The summed E-state index contributed by atoms with van der Waals surface area (Å²) in [4.78, 5) is 92.4. The van der Waals surface area contributed by atoms with Crippen molar-refractivity contribution in [3.8, 4) is 0 Å². The molecule has 0 saturated carbocycles. The Hall–Kier alpha value is -4.11. The van der Waals surface area contributed by atoms with Gasteiger partial charge in [-0.25, -0.2) is 4.79 Å². The van der Waals surface area contributed by atoms with Gasteiger partial charge in [0.1, 0.15) is 19.3 Å². The van der Waals surface area contributed by atoms with E-state index in [0.717, 1.165) is 6.08 Å². The summed E-state index contributed by atoms with van der Waals surface area (Å²) in [6.07, 6.45) is -7.45. The van der Waals surface area contributed by atoms with Crippen molar-refractivity contribution in [2.75, 3.05) is 13.2 Å². The Kier molecular flexibility index (Phi) is 13.3. The van der Waals surface area contributed by atoms with E-state index in [-0.39, 0.29) is 17.8 Å². The van der Waals surface area contributed by atoms with Crippen LogP contribution in [0.15, 0.2) is 23.3 Å². The number of allylic oxidation sites excluding steroid dienone is 1. The first kappa shape index (κ1) is 45.3. The van der Waals surface area contributed by atoms with Gasteiger partial charge in [-0.05, 0) is 116 Å². The van der Waals surface area contributed by atoms with E-state index >= 15 is 0 Å². The zero-order chi connectivity index (χ0) is 42.2. The van der Waals surface area contributed by atoms with Crippen LogP contribution in [0.5, 0.6) is 0 Å². The summed E-state index contributed by atoms with van der Waals surface area (Å²) in [5.41, 5.74) is -4.92. The molecular formula is C40H58O15. The van der Waals surface area contributed by atoms with E-state index < -0.39 is 118 Å². The predicted molar refractivity (Wildman–Crippen MR) is 193 cm³/mol. The minimum absolute atomic E-state index is 0.00884. The van der Waals surface area contributed by atoms with E-state index in [2.05, 4.69) is 0 Å². The second-order valence-corrected chi connectivity index (χ2v) is 19.2. The monoisotopic (exact) mass is 778 g/mol. The van der Waals surface area contributed by atoms with E-state index in [9.17, 15) is 33.6 Å². The zero-order valence-electron chi connectivity index (χ0n) is 34.7. The number of ketones is 1. The van der Waals surface area contributed by atoms with Gasteiger partial charge in [-0.2, -0.15) is 0 Å². The van der Waals surface area contributed by atoms with Gasteiger partial charge in [0.05, 0.1) is 33.0 Å². The molecule has 0 unspecified atom stereocenters. The third-order valence-corrected chi connectivity index (χ3v) is 8.51. The van der Waals surface area contributed by atoms with Gasteiger partial charge in [0.15, 0.2) is 24.1 Å². The molecular weight excluding hydrogens is 720 g/mol. The first-order valence-electron chi connectivity index (χ1n) is 18.3. The Morgan fingerprint density at radius 1 is 0.564 bits per heavy atom. The van der Waals surface area contributed by atoms with Gasteiger partial charge in [0.2, 0.25) is 12.6 Å². The zero-order valence-corrected chi connectivity index (χ0v) is 34.7. The van der Waals surface area contributed by atoms with Crippen LogP contribution in [0.1, 0.15) is 104 Å². The molecule has 0 aromatic rings. The van der Waals surface area contributed by atoms with Gasteiger partial charge in [-0.3, -0.25) is 28.8 Å². The third kappa shape index (κ3) is 11.5. The van der Waals surface area contributed by atoms with Crippen LogP contribution in [0.25, 0.3) is 0 Å². The van der Waals surface area contributed by atoms with Gasteiger partial charge in [0, 0.05) is 11.6 Å². The van der Waals surface area contributed by atoms with Crippen molar-refractivity contribution in [2.24, 2.45) is 33.0 Å². The maximum absolute atomic E-state index is 13.6. The van der Waals surface area contributed by atoms with E-state index in [1.807, 2.05) is 0 Å². The molecule has 2 aliphatic heterocycles. The van der Waals surface area contributed by atoms with Crippen molar-refractivity contribution in [3.63, 3.8) is 0 Å². The van der Waals surface area contributed by atoms with Crippen molar-refractivity contribution in [3.05, 3.63) is 23.3 Å². The molecule has 15 nitrogen and oxygen atoms in total. The van der Waals surface area contributed by atoms with Crippen LogP contribution in [-0.4, -0.2) is 91.8 Å². The van der Waals surface area contributed by atoms with Crippen LogP contribution >= 0.6 is 0 Å². The minimum Gasteiger partial charge on any atom is -0.462 e. The summed E-state index contributed by atoms with van der Waals surface area (Å²) in [5.74, 6) is -6.09. The number of hydrogen-bond acceptors (Lipinski definition) is 15. The number of esters is 6. The molecule has 3 aliphatic rings. The maximum atomic E-state index is 13.6. The highest BCUT2D eigenvalue weighted by Gasteiger charge is 2.57. The van der Waals surface area contributed by atoms with Crippen molar-refractivity contribution in [1.82, 2.24) is 0 Å². The Labute approximate surface area is 323 Å². The third-order valence-electron chi connectivity index (χ3n) is 8.51. The average molecular weight is 779 g/mol. The average Bonchev–Trinajstić information content (AvgIpc) is 3.33. The van der Waals surface area contributed by atoms with E-state index in [0.29, 0.717) is 0 Å². The molecule has 0 amide bonds. The number of rotatable bonds is 9. The first-order valence-corrected chi connectivity index (χ1v) is 18.3. The maximum Gasteiger partial charge on any atom is 0.333 e. The lowest BCUT2D eigenvalue weighted by Crippen LogP contribution is -2.65. The quantitative estimate of drug-likeness (QED) is 0.231.